The number of carbonyl (C=O) groups is 1. The lowest BCUT2D eigenvalue weighted by molar-refractivity contribution is 0.0754. The molecule has 0 spiro atoms. The molecule has 0 radical (unpaired) electrons. The maximum absolute atomic E-state index is 13.1. The van der Waals surface area contributed by atoms with Crippen LogP contribution in [0.5, 0.6) is 0 Å². The minimum absolute atomic E-state index is 0.214. The summed E-state index contributed by atoms with van der Waals surface area (Å²) >= 11 is 0. The van der Waals surface area contributed by atoms with Crippen LogP contribution in [-0.4, -0.2) is 37.2 Å². The van der Waals surface area contributed by atoms with Gasteiger partial charge in [0.05, 0.1) is 17.9 Å². The summed E-state index contributed by atoms with van der Waals surface area (Å²) in [5.41, 5.74) is 0.214. The molecule has 0 saturated carbocycles. The highest BCUT2D eigenvalue weighted by Crippen LogP contribution is 2.12. The summed E-state index contributed by atoms with van der Waals surface area (Å²) in [4.78, 5) is 15.8. The van der Waals surface area contributed by atoms with Crippen LogP contribution in [0.2, 0.25) is 0 Å². The molecule has 0 unspecified atom stereocenters. The molecule has 6 heteroatoms. The molecule has 2 N–H and O–H groups in total. The van der Waals surface area contributed by atoms with Crippen molar-refractivity contribution in [1.29, 1.82) is 0 Å². The van der Waals surface area contributed by atoms with Crippen molar-refractivity contribution in [1.82, 2.24) is 10.3 Å². The number of anilines is 1. The van der Waals surface area contributed by atoms with Crippen molar-refractivity contribution in [3.63, 3.8) is 0 Å². The summed E-state index contributed by atoms with van der Waals surface area (Å²) < 4.78 is 18.5. The zero-order chi connectivity index (χ0) is 15.0. The summed E-state index contributed by atoms with van der Waals surface area (Å²) in [7, 11) is 1.64. The molecule has 5 nitrogen and oxygen atoms in total. The predicted octanol–water partition coefficient (Wildman–Crippen LogP) is 2.20. The minimum atomic E-state index is -0.528. The Balaban J connectivity index is 2.37. The van der Waals surface area contributed by atoms with Gasteiger partial charge in [-0.05, 0) is 32.8 Å². The maximum Gasteiger partial charge on any atom is 0.255 e. The number of nitrogens with one attached hydrogen (secondary N) is 2. The van der Waals surface area contributed by atoms with Crippen molar-refractivity contribution in [2.24, 2.45) is 0 Å². The fourth-order valence-electron chi connectivity index (χ4n) is 1.65. The van der Waals surface area contributed by atoms with Crippen LogP contribution in [0.3, 0.4) is 0 Å². The summed E-state index contributed by atoms with van der Waals surface area (Å²) in [6, 6.07) is 1.18. The number of amides is 1. The van der Waals surface area contributed by atoms with Gasteiger partial charge in [-0.1, -0.05) is 0 Å². The van der Waals surface area contributed by atoms with Crippen LogP contribution in [0.1, 0.15) is 37.0 Å². The molecule has 0 bridgehead atoms. The van der Waals surface area contributed by atoms with Crippen LogP contribution in [-0.2, 0) is 4.74 Å². The van der Waals surface area contributed by atoms with Crippen molar-refractivity contribution < 1.29 is 13.9 Å². The first-order valence-electron chi connectivity index (χ1n) is 6.77. The molecule has 1 aromatic rings. The molecular weight excluding hydrogens is 261 g/mol. The maximum atomic E-state index is 13.1. The third kappa shape index (κ3) is 5.52. The molecule has 0 aliphatic rings. The molecule has 0 aliphatic carbocycles. The number of hydrogen-bond acceptors (Lipinski definition) is 4. The number of rotatable bonds is 8. The average molecular weight is 283 g/mol. The third-order valence-electron chi connectivity index (χ3n) is 2.64. The number of carbonyl (C=O) groups excluding carboxylic acids is 1. The molecular formula is C14H22FN3O2. The minimum Gasteiger partial charge on any atom is -0.379 e. The van der Waals surface area contributed by atoms with Gasteiger partial charge in [0.15, 0.2) is 0 Å². The molecule has 1 heterocycles. The van der Waals surface area contributed by atoms with Crippen LogP contribution in [0.25, 0.3) is 0 Å². The van der Waals surface area contributed by atoms with Gasteiger partial charge in [-0.25, -0.2) is 9.37 Å². The number of aromatic nitrogens is 1. The standard InChI is InChI=1S/C14H22FN3O2/c1-10(2)20-7-5-4-6-17-14(19)12-8-11(15)9-18-13(12)16-3/h8-10H,4-7H2,1-3H3,(H,16,18)(H,17,19). The first kappa shape index (κ1) is 16.4. The predicted molar refractivity (Wildman–Crippen MR) is 76.4 cm³/mol. The van der Waals surface area contributed by atoms with Gasteiger partial charge in [-0.2, -0.15) is 0 Å². The lowest BCUT2D eigenvalue weighted by atomic mass is 10.2. The number of ether oxygens (including phenoxy) is 1. The van der Waals surface area contributed by atoms with Crippen molar-refractivity contribution >= 4 is 11.7 Å². The van der Waals surface area contributed by atoms with Crippen molar-refractivity contribution in [3.8, 4) is 0 Å². The molecule has 1 amide bonds. The fourth-order valence-corrected chi connectivity index (χ4v) is 1.65. The van der Waals surface area contributed by atoms with Crippen LogP contribution in [0, 0.1) is 5.82 Å². The van der Waals surface area contributed by atoms with E-state index in [4.69, 9.17) is 4.74 Å². The highest BCUT2D eigenvalue weighted by molar-refractivity contribution is 5.98. The van der Waals surface area contributed by atoms with E-state index in [1.807, 2.05) is 13.8 Å². The van der Waals surface area contributed by atoms with Crippen LogP contribution >= 0.6 is 0 Å². The second-order valence-corrected chi connectivity index (χ2v) is 4.68. The van der Waals surface area contributed by atoms with Gasteiger partial charge in [-0.15, -0.1) is 0 Å². The van der Waals surface area contributed by atoms with E-state index in [0.717, 1.165) is 19.0 Å². The van der Waals surface area contributed by atoms with E-state index in [2.05, 4.69) is 15.6 Å². The molecule has 0 saturated heterocycles. The van der Waals surface area contributed by atoms with Gasteiger partial charge in [0.1, 0.15) is 11.6 Å². The SMILES string of the molecule is CNc1ncc(F)cc1C(=O)NCCCCOC(C)C. The van der Waals surface area contributed by atoms with Gasteiger partial charge in [0.2, 0.25) is 0 Å². The third-order valence-corrected chi connectivity index (χ3v) is 2.64. The number of hydrogen-bond donors (Lipinski definition) is 2. The van der Waals surface area contributed by atoms with E-state index < -0.39 is 5.82 Å². The van der Waals surface area contributed by atoms with E-state index in [1.165, 1.54) is 6.07 Å². The quantitative estimate of drug-likeness (QED) is 0.718. The van der Waals surface area contributed by atoms with Crippen molar-refractivity contribution in [2.45, 2.75) is 32.8 Å². The Hall–Kier alpha value is -1.69. The average Bonchev–Trinajstić information content (AvgIpc) is 2.42. The summed E-state index contributed by atoms with van der Waals surface area (Å²) in [6.45, 7) is 5.17. The molecule has 0 fully saturated rings. The van der Waals surface area contributed by atoms with Gasteiger partial charge >= 0.3 is 0 Å². The Morgan fingerprint density at radius 3 is 2.85 bits per heavy atom. The normalized spacial score (nSPS) is 10.7. The van der Waals surface area contributed by atoms with Crippen LogP contribution in [0.4, 0.5) is 10.2 Å². The van der Waals surface area contributed by atoms with Gasteiger partial charge in [0, 0.05) is 20.2 Å². The second-order valence-electron chi connectivity index (χ2n) is 4.68. The molecule has 0 aliphatic heterocycles. The first-order chi connectivity index (χ1) is 9.54. The molecule has 1 aromatic heterocycles. The Morgan fingerprint density at radius 1 is 1.45 bits per heavy atom. The van der Waals surface area contributed by atoms with E-state index in [-0.39, 0.29) is 17.6 Å². The number of nitrogens with zero attached hydrogens (tertiary/aromatic N) is 1. The highest BCUT2D eigenvalue weighted by atomic mass is 19.1. The van der Waals surface area contributed by atoms with Crippen molar-refractivity contribution in [3.05, 3.63) is 23.6 Å². The zero-order valence-electron chi connectivity index (χ0n) is 12.2. The monoisotopic (exact) mass is 283 g/mol. The molecule has 20 heavy (non-hydrogen) atoms. The second kappa shape index (κ2) is 8.47. The Bertz CT molecular complexity index is 438. The molecule has 0 atom stereocenters. The molecule has 1 rings (SSSR count). The number of pyridine rings is 1. The van der Waals surface area contributed by atoms with Crippen LogP contribution < -0.4 is 10.6 Å². The summed E-state index contributed by atoms with van der Waals surface area (Å²) in [6.07, 6.45) is 2.99. The van der Waals surface area contributed by atoms with E-state index in [0.29, 0.717) is 19.0 Å². The zero-order valence-corrected chi connectivity index (χ0v) is 12.2. The topological polar surface area (TPSA) is 63.2 Å². The summed E-state index contributed by atoms with van der Waals surface area (Å²) in [5, 5.41) is 5.52. The largest absolute Gasteiger partial charge is 0.379 e. The molecule has 112 valence electrons. The Labute approximate surface area is 118 Å². The van der Waals surface area contributed by atoms with Crippen LogP contribution in [0.15, 0.2) is 12.3 Å². The summed E-state index contributed by atoms with van der Waals surface area (Å²) in [5.74, 6) is -0.488. The van der Waals surface area contributed by atoms with Gasteiger partial charge < -0.3 is 15.4 Å². The highest BCUT2D eigenvalue weighted by Gasteiger charge is 2.12. The number of halogens is 1. The Kier molecular flexibility index (Phi) is 6.93. The smallest absolute Gasteiger partial charge is 0.255 e. The van der Waals surface area contributed by atoms with E-state index >= 15 is 0 Å². The number of unbranched alkanes of at least 4 members (excludes halogenated alkanes) is 1. The lowest BCUT2D eigenvalue weighted by Gasteiger charge is -2.10. The van der Waals surface area contributed by atoms with Gasteiger partial charge in [-0.3, -0.25) is 4.79 Å². The van der Waals surface area contributed by atoms with E-state index in [1.54, 1.807) is 7.05 Å². The first-order valence-corrected chi connectivity index (χ1v) is 6.77. The van der Waals surface area contributed by atoms with Crippen molar-refractivity contribution in [2.75, 3.05) is 25.5 Å². The molecule has 0 aromatic carbocycles. The van der Waals surface area contributed by atoms with E-state index in [9.17, 15) is 9.18 Å². The fraction of sp³-hybridized carbons (Fsp3) is 0.571. The lowest BCUT2D eigenvalue weighted by Crippen LogP contribution is -2.26. The van der Waals surface area contributed by atoms with Gasteiger partial charge in [0.25, 0.3) is 5.91 Å². The Morgan fingerprint density at radius 2 is 2.20 bits per heavy atom.